The van der Waals surface area contributed by atoms with Crippen LogP contribution in [0.15, 0.2) is 18.2 Å². The van der Waals surface area contributed by atoms with Crippen LogP contribution in [0.3, 0.4) is 0 Å². The quantitative estimate of drug-likeness (QED) is 0.585. The molecule has 1 aliphatic rings. The van der Waals surface area contributed by atoms with Crippen LogP contribution in [-0.2, 0) is 14.3 Å². The average Bonchev–Trinajstić information content (AvgIpc) is 3.17. The number of hydrogen-bond acceptors (Lipinski definition) is 5. The van der Waals surface area contributed by atoms with Gasteiger partial charge < -0.3 is 18.9 Å². The molecular weight excluding hydrogens is 224 g/mol. The van der Waals surface area contributed by atoms with Gasteiger partial charge in [0.2, 0.25) is 0 Å². The van der Waals surface area contributed by atoms with E-state index in [9.17, 15) is 4.79 Å². The molecule has 0 spiro atoms. The third kappa shape index (κ3) is 2.34. The fourth-order valence-electron chi connectivity index (χ4n) is 1.65. The molecule has 0 amide bonds. The number of esters is 1. The minimum absolute atomic E-state index is 0.272. The monoisotopic (exact) mass is 238 g/mol. The molecule has 1 fully saturated rings. The van der Waals surface area contributed by atoms with Gasteiger partial charge in [-0.05, 0) is 17.7 Å². The highest BCUT2D eigenvalue weighted by Gasteiger charge is 2.47. The molecule has 1 aromatic rings. The molecule has 5 heteroatoms. The van der Waals surface area contributed by atoms with E-state index < -0.39 is 6.10 Å². The van der Waals surface area contributed by atoms with Gasteiger partial charge in [0.1, 0.15) is 17.6 Å². The highest BCUT2D eigenvalue weighted by molar-refractivity contribution is 5.78. The summed E-state index contributed by atoms with van der Waals surface area (Å²) in [4.78, 5) is 11.3. The van der Waals surface area contributed by atoms with Crippen LogP contribution < -0.4 is 9.47 Å². The number of carbonyl (C=O) groups excluding carboxylic acids is 1. The fourth-order valence-corrected chi connectivity index (χ4v) is 1.65. The van der Waals surface area contributed by atoms with Gasteiger partial charge >= 0.3 is 5.97 Å². The Balaban J connectivity index is 2.19. The van der Waals surface area contributed by atoms with Gasteiger partial charge in [-0.2, -0.15) is 0 Å². The molecule has 0 aromatic heterocycles. The molecule has 1 aliphatic heterocycles. The van der Waals surface area contributed by atoms with E-state index in [0.717, 1.165) is 5.56 Å². The first kappa shape index (κ1) is 11.7. The third-order valence-electron chi connectivity index (χ3n) is 2.63. The lowest BCUT2D eigenvalue weighted by Gasteiger charge is -2.06. The predicted molar refractivity (Wildman–Crippen MR) is 59.2 cm³/mol. The van der Waals surface area contributed by atoms with Gasteiger partial charge in [-0.1, -0.05) is 0 Å². The fraction of sp³-hybridized carbons (Fsp3) is 0.417. The molecule has 0 bridgehead atoms. The minimum atomic E-state index is -0.517. The number of rotatable bonds is 4. The van der Waals surface area contributed by atoms with Gasteiger partial charge in [-0.3, -0.25) is 0 Å². The van der Waals surface area contributed by atoms with E-state index in [1.807, 2.05) is 12.1 Å². The summed E-state index contributed by atoms with van der Waals surface area (Å²) >= 11 is 0. The Labute approximate surface area is 99.2 Å². The van der Waals surface area contributed by atoms with Gasteiger partial charge in [0.05, 0.1) is 21.3 Å². The van der Waals surface area contributed by atoms with E-state index in [4.69, 9.17) is 14.2 Å². The SMILES string of the molecule is COC(=O)[C@H]1O[C@@H]1c1cc(OC)cc(OC)c1. The molecular formula is C12H14O5. The molecule has 5 nitrogen and oxygen atoms in total. The Morgan fingerprint density at radius 1 is 1.12 bits per heavy atom. The zero-order valence-electron chi connectivity index (χ0n) is 9.93. The Morgan fingerprint density at radius 3 is 2.18 bits per heavy atom. The van der Waals surface area contributed by atoms with Crippen molar-refractivity contribution in [2.24, 2.45) is 0 Å². The molecule has 0 radical (unpaired) electrons. The predicted octanol–water partition coefficient (Wildman–Crippen LogP) is 1.32. The van der Waals surface area contributed by atoms with Crippen LogP contribution in [0.2, 0.25) is 0 Å². The van der Waals surface area contributed by atoms with E-state index in [0.29, 0.717) is 11.5 Å². The molecule has 1 heterocycles. The van der Waals surface area contributed by atoms with Crippen molar-refractivity contribution in [1.82, 2.24) is 0 Å². The molecule has 0 saturated carbocycles. The smallest absolute Gasteiger partial charge is 0.338 e. The summed E-state index contributed by atoms with van der Waals surface area (Å²) in [5.74, 6) is 0.966. The first-order valence-corrected chi connectivity index (χ1v) is 5.16. The molecule has 1 saturated heterocycles. The largest absolute Gasteiger partial charge is 0.497 e. The summed E-state index contributed by atoms with van der Waals surface area (Å²) in [7, 11) is 4.49. The normalized spacial score (nSPS) is 21.8. The number of benzene rings is 1. The molecule has 2 atom stereocenters. The number of epoxide rings is 1. The zero-order chi connectivity index (χ0) is 12.4. The Kier molecular flexibility index (Phi) is 3.19. The van der Waals surface area contributed by atoms with Crippen LogP contribution in [-0.4, -0.2) is 33.4 Å². The highest BCUT2D eigenvalue weighted by Crippen LogP contribution is 2.41. The van der Waals surface area contributed by atoms with E-state index >= 15 is 0 Å². The van der Waals surface area contributed by atoms with E-state index in [2.05, 4.69) is 4.74 Å². The number of ether oxygens (including phenoxy) is 4. The lowest BCUT2D eigenvalue weighted by atomic mass is 10.1. The lowest BCUT2D eigenvalue weighted by Crippen LogP contribution is -2.09. The van der Waals surface area contributed by atoms with Crippen molar-refractivity contribution >= 4 is 5.97 Å². The maximum atomic E-state index is 11.3. The van der Waals surface area contributed by atoms with Crippen molar-refractivity contribution in [1.29, 1.82) is 0 Å². The Morgan fingerprint density at radius 2 is 1.71 bits per heavy atom. The summed E-state index contributed by atoms with van der Waals surface area (Å²) in [6, 6.07) is 5.39. The summed E-state index contributed by atoms with van der Waals surface area (Å²) in [6.45, 7) is 0. The molecule has 0 aliphatic carbocycles. The van der Waals surface area contributed by atoms with E-state index in [-0.39, 0.29) is 12.1 Å². The van der Waals surface area contributed by atoms with Crippen LogP contribution in [0, 0.1) is 0 Å². The molecule has 17 heavy (non-hydrogen) atoms. The Bertz CT molecular complexity index is 407. The van der Waals surface area contributed by atoms with Crippen LogP contribution >= 0.6 is 0 Å². The maximum Gasteiger partial charge on any atom is 0.338 e. The minimum Gasteiger partial charge on any atom is -0.497 e. The maximum absolute atomic E-state index is 11.3. The van der Waals surface area contributed by atoms with E-state index in [1.165, 1.54) is 7.11 Å². The van der Waals surface area contributed by atoms with Gasteiger partial charge in [0.25, 0.3) is 0 Å². The van der Waals surface area contributed by atoms with Gasteiger partial charge in [0.15, 0.2) is 6.10 Å². The van der Waals surface area contributed by atoms with Crippen LogP contribution in [0.1, 0.15) is 11.7 Å². The average molecular weight is 238 g/mol. The molecule has 1 aromatic carbocycles. The number of methoxy groups -OCH3 is 3. The second-order valence-electron chi connectivity index (χ2n) is 3.65. The first-order chi connectivity index (χ1) is 8.19. The summed E-state index contributed by atoms with van der Waals surface area (Å²) in [5.41, 5.74) is 0.844. The molecule has 0 unspecified atom stereocenters. The molecule has 92 valence electrons. The van der Waals surface area contributed by atoms with Gasteiger partial charge in [0, 0.05) is 6.07 Å². The van der Waals surface area contributed by atoms with E-state index in [1.54, 1.807) is 20.3 Å². The summed E-state index contributed by atoms with van der Waals surface area (Å²) < 4.78 is 20.2. The molecule has 0 N–H and O–H groups in total. The number of hydrogen-bond donors (Lipinski definition) is 0. The number of carbonyl (C=O) groups is 1. The van der Waals surface area contributed by atoms with Crippen LogP contribution in [0.25, 0.3) is 0 Å². The zero-order valence-corrected chi connectivity index (χ0v) is 9.93. The van der Waals surface area contributed by atoms with Gasteiger partial charge in [-0.25, -0.2) is 4.79 Å². The first-order valence-electron chi connectivity index (χ1n) is 5.16. The third-order valence-corrected chi connectivity index (χ3v) is 2.63. The van der Waals surface area contributed by atoms with Crippen molar-refractivity contribution in [3.05, 3.63) is 23.8 Å². The topological polar surface area (TPSA) is 57.3 Å². The van der Waals surface area contributed by atoms with Crippen molar-refractivity contribution in [3.63, 3.8) is 0 Å². The molecule has 2 rings (SSSR count). The summed E-state index contributed by atoms with van der Waals surface area (Å²) in [5, 5.41) is 0. The van der Waals surface area contributed by atoms with Crippen LogP contribution in [0.5, 0.6) is 11.5 Å². The second-order valence-corrected chi connectivity index (χ2v) is 3.65. The Hall–Kier alpha value is -1.75. The lowest BCUT2D eigenvalue weighted by molar-refractivity contribution is -0.142. The van der Waals surface area contributed by atoms with Gasteiger partial charge in [-0.15, -0.1) is 0 Å². The van der Waals surface area contributed by atoms with Crippen molar-refractivity contribution in [2.45, 2.75) is 12.2 Å². The van der Waals surface area contributed by atoms with Crippen molar-refractivity contribution in [3.8, 4) is 11.5 Å². The highest BCUT2D eigenvalue weighted by atomic mass is 16.6. The van der Waals surface area contributed by atoms with Crippen molar-refractivity contribution in [2.75, 3.05) is 21.3 Å². The standard InChI is InChI=1S/C12H14O5/c1-14-8-4-7(5-9(6-8)15-2)10-11(17-10)12(13)16-3/h4-6,10-11H,1-3H3/t10-,11+/m1/s1. The second kappa shape index (κ2) is 4.63. The summed E-state index contributed by atoms with van der Waals surface area (Å²) in [6.07, 6.45) is -0.789. The van der Waals surface area contributed by atoms with Crippen LogP contribution in [0.4, 0.5) is 0 Å². The van der Waals surface area contributed by atoms with Crippen molar-refractivity contribution < 1.29 is 23.7 Å².